The van der Waals surface area contributed by atoms with Crippen LogP contribution in [0.2, 0.25) is 0 Å². The third-order valence-corrected chi connectivity index (χ3v) is 2.93. The molecular weight excluding hydrogens is 196 g/mol. The number of morpholine rings is 1. The van der Waals surface area contributed by atoms with Gasteiger partial charge in [-0.25, -0.2) is 0 Å². The largest absolute Gasteiger partial charge is 0.376 e. The monoisotopic (exact) mass is 214 g/mol. The second kappa shape index (κ2) is 4.92. The normalized spacial score (nSPS) is 32.3. The van der Waals surface area contributed by atoms with Crippen LogP contribution in [0, 0.1) is 0 Å². The van der Waals surface area contributed by atoms with Crippen molar-refractivity contribution in [3.8, 4) is 0 Å². The van der Waals surface area contributed by atoms with Gasteiger partial charge >= 0.3 is 0 Å². The molecule has 2 N–H and O–H groups in total. The molecular formula is C10H18N2O3. The molecule has 0 saturated carbocycles. The molecule has 0 radical (unpaired) electrons. The lowest BCUT2D eigenvalue weighted by Crippen LogP contribution is -2.52. The van der Waals surface area contributed by atoms with Gasteiger partial charge in [0.2, 0.25) is 0 Å². The Morgan fingerprint density at radius 1 is 1.40 bits per heavy atom. The van der Waals surface area contributed by atoms with Crippen LogP contribution in [0.1, 0.15) is 12.8 Å². The summed E-state index contributed by atoms with van der Waals surface area (Å²) in [4.78, 5) is 13.6. The van der Waals surface area contributed by atoms with Crippen molar-refractivity contribution in [1.29, 1.82) is 0 Å². The third-order valence-electron chi connectivity index (χ3n) is 2.93. The quantitative estimate of drug-likeness (QED) is 0.678. The van der Waals surface area contributed by atoms with Gasteiger partial charge in [-0.1, -0.05) is 0 Å². The van der Waals surface area contributed by atoms with Gasteiger partial charge in [-0.15, -0.1) is 0 Å². The van der Waals surface area contributed by atoms with Gasteiger partial charge in [-0.3, -0.25) is 4.79 Å². The van der Waals surface area contributed by atoms with Crippen molar-refractivity contribution in [3.05, 3.63) is 0 Å². The predicted octanol–water partition coefficient (Wildman–Crippen LogP) is -0.649. The van der Waals surface area contributed by atoms with Gasteiger partial charge in [0.05, 0.1) is 12.7 Å². The van der Waals surface area contributed by atoms with Gasteiger partial charge in [0.1, 0.15) is 6.10 Å². The van der Waals surface area contributed by atoms with E-state index in [-0.39, 0.29) is 18.6 Å². The zero-order chi connectivity index (χ0) is 10.7. The fraction of sp³-hybridized carbons (Fsp3) is 0.900. The molecule has 0 bridgehead atoms. The Morgan fingerprint density at radius 3 is 2.93 bits per heavy atom. The van der Waals surface area contributed by atoms with Crippen LogP contribution >= 0.6 is 0 Å². The fourth-order valence-corrected chi connectivity index (χ4v) is 2.07. The molecule has 2 aliphatic heterocycles. The van der Waals surface area contributed by atoms with E-state index in [4.69, 9.17) is 15.2 Å². The van der Waals surface area contributed by atoms with Crippen LogP contribution in [0.25, 0.3) is 0 Å². The van der Waals surface area contributed by atoms with E-state index in [0.717, 1.165) is 19.4 Å². The van der Waals surface area contributed by atoms with E-state index in [1.807, 2.05) is 4.90 Å². The Labute approximate surface area is 89.5 Å². The lowest BCUT2D eigenvalue weighted by atomic mass is 10.2. The van der Waals surface area contributed by atoms with Crippen molar-refractivity contribution < 1.29 is 14.3 Å². The maximum Gasteiger partial charge on any atom is 0.253 e. The minimum Gasteiger partial charge on any atom is -0.376 e. The summed E-state index contributed by atoms with van der Waals surface area (Å²) in [6.45, 7) is 3.03. The van der Waals surface area contributed by atoms with Gasteiger partial charge in [-0.2, -0.15) is 0 Å². The average molecular weight is 214 g/mol. The summed E-state index contributed by atoms with van der Waals surface area (Å²) >= 11 is 0. The van der Waals surface area contributed by atoms with Gasteiger partial charge in [0.15, 0.2) is 0 Å². The molecule has 0 aromatic heterocycles. The molecule has 2 fully saturated rings. The summed E-state index contributed by atoms with van der Waals surface area (Å²) < 4.78 is 10.8. The third kappa shape index (κ3) is 2.48. The van der Waals surface area contributed by atoms with Crippen LogP contribution in [0.15, 0.2) is 0 Å². The Bertz CT molecular complexity index is 229. The molecule has 86 valence electrons. The molecule has 2 saturated heterocycles. The Balaban J connectivity index is 1.87. The Hall–Kier alpha value is -0.650. The topological polar surface area (TPSA) is 64.8 Å². The van der Waals surface area contributed by atoms with Crippen LogP contribution in [0.5, 0.6) is 0 Å². The molecule has 0 aromatic rings. The average Bonchev–Trinajstić information content (AvgIpc) is 2.74. The maximum atomic E-state index is 11.8. The number of nitrogens with zero attached hydrogens (tertiary/aromatic N) is 1. The first-order valence-corrected chi connectivity index (χ1v) is 5.53. The maximum absolute atomic E-state index is 11.8. The fourth-order valence-electron chi connectivity index (χ4n) is 2.07. The SMILES string of the molecule is NCC1OCCN(CC2CCCO2)C1=O. The molecule has 0 spiro atoms. The molecule has 0 aromatic carbocycles. The van der Waals surface area contributed by atoms with Gasteiger partial charge < -0.3 is 20.1 Å². The first-order chi connectivity index (χ1) is 7.31. The van der Waals surface area contributed by atoms with Crippen LogP contribution in [0.3, 0.4) is 0 Å². The molecule has 5 nitrogen and oxygen atoms in total. The molecule has 15 heavy (non-hydrogen) atoms. The Kier molecular flexibility index (Phi) is 3.56. The molecule has 2 rings (SSSR count). The molecule has 2 unspecified atom stereocenters. The van der Waals surface area contributed by atoms with Gasteiger partial charge in [-0.05, 0) is 12.8 Å². The summed E-state index contributed by atoms with van der Waals surface area (Å²) in [5.74, 6) is 0.0132. The summed E-state index contributed by atoms with van der Waals surface area (Å²) in [5.41, 5.74) is 5.46. The highest BCUT2D eigenvalue weighted by Gasteiger charge is 2.30. The number of carbonyl (C=O) groups excluding carboxylic acids is 1. The molecule has 1 amide bonds. The van der Waals surface area contributed by atoms with Crippen molar-refractivity contribution in [1.82, 2.24) is 4.90 Å². The number of amides is 1. The van der Waals surface area contributed by atoms with E-state index in [1.54, 1.807) is 0 Å². The number of rotatable bonds is 3. The summed E-state index contributed by atoms with van der Waals surface area (Å²) in [5, 5.41) is 0. The number of hydrogen-bond donors (Lipinski definition) is 1. The zero-order valence-electron chi connectivity index (χ0n) is 8.85. The molecule has 2 aliphatic rings. The minimum atomic E-state index is -0.444. The minimum absolute atomic E-state index is 0.0132. The molecule has 2 heterocycles. The highest BCUT2D eigenvalue weighted by molar-refractivity contribution is 5.81. The first-order valence-electron chi connectivity index (χ1n) is 5.53. The molecule has 5 heteroatoms. The summed E-state index contributed by atoms with van der Waals surface area (Å²) in [6.07, 6.45) is 1.92. The number of hydrogen-bond acceptors (Lipinski definition) is 4. The van der Waals surface area contributed by atoms with Crippen molar-refractivity contribution in [2.24, 2.45) is 5.73 Å². The van der Waals surface area contributed by atoms with Crippen molar-refractivity contribution >= 4 is 5.91 Å². The van der Waals surface area contributed by atoms with Crippen molar-refractivity contribution in [2.75, 3.05) is 32.8 Å². The van der Waals surface area contributed by atoms with E-state index < -0.39 is 6.10 Å². The highest BCUT2D eigenvalue weighted by atomic mass is 16.5. The molecule has 2 atom stereocenters. The van der Waals surface area contributed by atoms with Gasteiger partial charge in [0.25, 0.3) is 5.91 Å². The number of carbonyl (C=O) groups is 1. The van der Waals surface area contributed by atoms with Crippen LogP contribution in [-0.4, -0.2) is 55.9 Å². The van der Waals surface area contributed by atoms with Crippen molar-refractivity contribution in [3.63, 3.8) is 0 Å². The number of ether oxygens (including phenoxy) is 2. The standard InChI is InChI=1S/C10H18N2O3/c11-6-9-10(13)12(3-5-15-9)7-8-2-1-4-14-8/h8-9H,1-7,11H2. The highest BCUT2D eigenvalue weighted by Crippen LogP contribution is 2.15. The van der Waals surface area contributed by atoms with E-state index in [2.05, 4.69) is 0 Å². The van der Waals surface area contributed by atoms with E-state index in [0.29, 0.717) is 19.7 Å². The van der Waals surface area contributed by atoms with Crippen molar-refractivity contribution in [2.45, 2.75) is 25.0 Å². The van der Waals surface area contributed by atoms with E-state index >= 15 is 0 Å². The Morgan fingerprint density at radius 2 is 2.27 bits per heavy atom. The summed E-state index contributed by atoms with van der Waals surface area (Å²) in [6, 6.07) is 0. The lowest BCUT2D eigenvalue weighted by Gasteiger charge is -2.33. The first kappa shape index (κ1) is 10.9. The van der Waals surface area contributed by atoms with Crippen LogP contribution < -0.4 is 5.73 Å². The smallest absolute Gasteiger partial charge is 0.253 e. The summed E-state index contributed by atoms with van der Waals surface area (Å²) in [7, 11) is 0. The predicted molar refractivity (Wildman–Crippen MR) is 54.3 cm³/mol. The van der Waals surface area contributed by atoms with Gasteiger partial charge in [0, 0.05) is 26.2 Å². The van der Waals surface area contributed by atoms with E-state index in [9.17, 15) is 4.79 Å². The van der Waals surface area contributed by atoms with E-state index in [1.165, 1.54) is 0 Å². The second-order valence-electron chi connectivity index (χ2n) is 4.01. The number of nitrogens with two attached hydrogens (primary N) is 1. The molecule has 0 aliphatic carbocycles. The van der Waals surface area contributed by atoms with Crippen LogP contribution in [0.4, 0.5) is 0 Å². The second-order valence-corrected chi connectivity index (χ2v) is 4.01. The van der Waals surface area contributed by atoms with Crippen LogP contribution in [-0.2, 0) is 14.3 Å². The zero-order valence-corrected chi connectivity index (χ0v) is 8.85. The lowest BCUT2D eigenvalue weighted by molar-refractivity contribution is -0.153.